The number of Topliss-reactive ketones (excluding diaryl/α,β-unsaturated/α-hetero) is 1. The molecule has 0 N–H and O–H groups in total. The highest BCUT2D eigenvalue weighted by Gasteiger charge is 2.37. The van der Waals surface area contributed by atoms with Crippen molar-refractivity contribution in [2.24, 2.45) is 0 Å². The molecule has 0 atom stereocenters. The van der Waals surface area contributed by atoms with Crippen LogP contribution in [0.2, 0.25) is 0 Å². The number of rotatable bonds is 1. The molecule has 0 amide bonds. The molecular weight excluding hydrogens is 313 g/mol. The number of hydrogen-bond donors (Lipinski definition) is 0. The molecule has 3 nitrogen and oxygen atoms in total. The van der Waals surface area contributed by atoms with Gasteiger partial charge in [-0.25, -0.2) is 4.39 Å². The van der Waals surface area contributed by atoms with E-state index in [2.05, 4.69) is 15.9 Å². The van der Waals surface area contributed by atoms with Crippen LogP contribution in [0.15, 0.2) is 46.9 Å². The van der Waals surface area contributed by atoms with Crippen molar-refractivity contribution in [2.45, 2.75) is 0 Å². The van der Waals surface area contributed by atoms with Crippen LogP contribution in [0, 0.1) is 11.0 Å². The molecule has 0 saturated carbocycles. The minimum Gasteiger partial charge on any atom is -0.618 e. The van der Waals surface area contributed by atoms with Gasteiger partial charge in [0.25, 0.3) is 11.5 Å². The summed E-state index contributed by atoms with van der Waals surface area (Å²) in [6.45, 7) is 0. The number of fused-ring (bicyclic) bond motifs is 1. The molecule has 19 heavy (non-hydrogen) atoms. The summed E-state index contributed by atoms with van der Waals surface area (Å²) in [7, 11) is 0. The summed E-state index contributed by atoms with van der Waals surface area (Å²) < 4.78 is 14.9. The molecular formula is C14H7BrFNO2. The molecule has 5 heteroatoms. The number of ketones is 1. The van der Waals surface area contributed by atoms with E-state index in [1.807, 2.05) is 0 Å². The zero-order chi connectivity index (χ0) is 13.6. The van der Waals surface area contributed by atoms with Crippen LogP contribution in [0.25, 0.3) is 0 Å². The van der Waals surface area contributed by atoms with Crippen molar-refractivity contribution in [3.8, 4) is 0 Å². The first kappa shape index (κ1) is 12.0. The smallest absolute Gasteiger partial charge is 0.275 e. The van der Waals surface area contributed by atoms with Crippen LogP contribution in [0.5, 0.6) is 0 Å². The monoisotopic (exact) mass is 319 g/mol. The van der Waals surface area contributed by atoms with Crippen molar-refractivity contribution in [3.63, 3.8) is 0 Å². The first-order valence-corrected chi connectivity index (χ1v) is 6.32. The van der Waals surface area contributed by atoms with Crippen molar-refractivity contribution in [1.82, 2.24) is 0 Å². The standard InChI is InChI=1S/C14H7BrFNO2/c15-8-5-6-10-12(7-8)17(19)13(14(10)18)9-3-1-2-4-11(9)16/h1-7H. The van der Waals surface area contributed by atoms with Crippen LogP contribution >= 0.6 is 15.9 Å². The molecule has 1 aliphatic rings. The Morgan fingerprint density at radius 3 is 2.58 bits per heavy atom. The van der Waals surface area contributed by atoms with Crippen LogP contribution < -0.4 is 0 Å². The molecule has 94 valence electrons. The molecule has 0 radical (unpaired) electrons. The number of halogens is 2. The normalized spacial score (nSPS) is 13.9. The molecule has 0 spiro atoms. The van der Waals surface area contributed by atoms with E-state index in [1.165, 1.54) is 18.2 Å². The van der Waals surface area contributed by atoms with Crippen molar-refractivity contribution in [2.75, 3.05) is 0 Å². The molecule has 0 saturated heterocycles. The number of hydrogen-bond acceptors (Lipinski definition) is 2. The van der Waals surface area contributed by atoms with Gasteiger partial charge < -0.3 is 5.21 Å². The second-order valence-corrected chi connectivity index (χ2v) is 5.03. The van der Waals surface area contributed by atoms with E-state index in [1.54, 1.807) is 24.3 Å². The van der Waals surface area contributed by atoms with Crippen LogP contribution in [0.1, 0.15) is 15.9 Å². The van der Waals surface area contributed by atoms with Gasteiger partial charge in [-0.1, -0.05) is 28.1 Å². The lowest BCUT2D eigenvalue weighted by atomic mass is 10.0. The van der Waals surface area contributed by atoms with Gasteiger partial charge in [-0.15, -0.1) is 0 Å². The van der Waals surface area contributed by atoms with E-state index in [0.717, 1.165) is 0 Å². The number of nitrogens with zero attached hydrogens (tertiary/aromatic N) is 1. The molecule has 0 bridgehead atoms. The highest BCUT2D eigenvalue weighted by atomic mass is 79.9. The maximum absolute atomic E-state index is 13.7. The topological polar surface area (TPSA) is 43.1 Å². The van der Waals surface area contributed by atoms with Gasteiger partial charge in [0.2, 0.25) is 5.69 Å². The predicted molar refractivity (Wildman–Crippen MR) is 72.3 cm³/mol. The lowest BCUT2D eigenvalue weighted by Gasteiger charge is -2.02. The summed E-state index contributed by atoms with van der Waals surface area (Å²) in [5, 5.41) is 12.2. The summed E-state index contributed by atoms with van der Waals surface area (Å²) in [5.41, 5.74) is 0.370. The van der Waals surface area contributed by atoms with E-state index in [0.29, 0.717) is 9.21 Å². The fourth-order valence-electron chi connectivity index (χ4n) is 2.09. The summed E-state index contributed by atoms with van der Waals surface area (Å²) in [4.78, 5) is 12.2. The second kappa shape index (κ2) is 4.28. The Morgan fingerprint density at radius 1 is 1.11 bits per heavy atom. The summed E-state index contributed by atoms with van der Waals surface area (Å²) >= 11 is 3.24. The average molecular weight is 320 g/mol. The Bertz CT molecular complexity index is 740. The van der Waals surface area contributed by atoms with Crippen LogP contribution in [0.3, 0.4) is 0 Å². The summed E-state index contributed by atoms with van der Waals surface area (Å²) in [6.07, 6.45) is 0. The van der Waals surface area contributed by atoms with Gasteiger partial charge in [0.15, 0.2) is 0 Å². The van der Waals surface area contributed by atoms with Gasteiger partial charge in [0, 0.05) is 10.5 Å². The Labute approximate surface area is 116 Å². The highest BCUT2D eigenvalue weighted by Crippen LogP contribution is 2.31. The average Bonchev–Trinajstić information content (AvgIpc) is 2.63. The fraction of sp³-hybridized carbons (Fsp3) is 0. The zero-order valence-corrected chi connectivity index (χ0v) is 11.1. The third-order valence-corrected chi connectivity index (χ3v) is 3.46. The van der Waals surface area contributed by atoms with Crippen LogP contribution in [0.4, 0.5) is 10.1 Å². The summed E-state index contributed by atoms with van der Waals surface area (Å²) in [5.74, 6) is -1.04. The minimum absolute atomic E-state index is 0.0230. The van der Waals surface area contributed by atoms with E-state index < -0.39 is 11.6 Å². The van der Waals surface area contributed by atoms with Crippen LogP contribution in [-0.2, 0) is 0 Å². The van der Waals surface area contributed by atoms with Gasteiger partial charge in [-0.2, -0.15) is 4.74 Å². The largest absolute Gasteiger partial charge is 0.618 e. The van der Waals surface area contributed by atoms with Crippen molar-refractivity contribution < 1.29 is 13.9 Å². The maximum Gasteiger partial charge on any atom is 0.275 e. The van der Waals surface area contributed by atoms with Gasteiger partial charge in [-0.05, 0) is 24.3 Å². The van der Waals surface area contributed by atoms with Gasteiger partial charge >= 0.3 is 0 Å². The van der Waals surface area contributed by atoms with Gasteiger partial charge in [0.1, 0.15) is 11.4 Å². The van der Waals surface area contributed by atoms with E-state index in [-0.39, 0.29) is 22.5 Å². The van der Waals surface area contributed by atoms with E-state index >= 15 is 0 Å². The second-order valence-electron chi connectivity index (χ2n) is 4.11. The molecule has 2 aromatic carbocycles. The molecule has 1 heterocycles. The molecule has 1 aliphatic heterocycles. The fourth-order valence-corrected chi connectivity index (χ4v) is 2.44. The Balaban J connectivity index is 2.25. The third-order valence-electron chi connectivity index (χ3n) is 2.97. The Kier molecular flexibility index (Phi) is 2.71. The maximum atomic E-state index is 13.7. The molecule has 3 rings (SSSR count). The molecule has 0 fully saturated rings. The molecule has 2 aromatic rings. The molecule has 0 aromatic heterocycles. The number of carbonyl (C=O) groups excluding carboxylic acids is 1. The number of carbonyl (C=O) groups is 1. The quantitative estimate of drug-likeness (QED) is 0.597. The van der Waals surface area contributed by atoms with E-state index in [9.17, 15) is 14.4 Å². The number of benzene rings is 2. The van der Waals surface area contributed by atoms with Crippen molar-refractivity contribution in [3.05, 3.63) is 69.1 Å². The lowest BCUT2D eigenvalue weighted by molar-refractivity contribution is -0.355. The Morgan fingerprint density at radius 2 is 1.84 bits per heavy atom. The predicted octanol–water partition coefficient (Wildman–Crippen LogP) is 3.42. The first-order chi connectivity index (χ1) is 9.09. The van der Waals surface area contributed by atoms with Crippen LogP contribution in [-0.4, -0.2) is 16.2 Å². The van der Waals surface area contributed by atoms with Gasteiger partial charge in [0.05, 0.1) is 5.56 Å². The van der Waals surface area contributed by atoms with Crippen molar-refractivity contribution in [1.29, 1.82) is 0 Å². The SMILES string of the molecule is O=C1C(c2ccccc2F)=[N+]([O-])c2cc(Br)ccc21. The molecule has 0 aliphatic carbocycles. The zero-order valence-electron chi connectivity index (χ0n) is 9.56. The molecule has 0 unspecified atom stereocenters. The lowest BCUT2D eigenvalue weighted by Crippen LogP contribution is -2.18. The Hall–Kier alpha value is -2.01. The summed E-state index contributed by atoms with van der Waals surface area (Å²) in [6, 6.07) is 10.5. The minimum atomic E-state index is -0.585. The first-order valence-electron chi connectivity index (χ1n) is 5.53. The van der Waals surface area contributed by atoms with Gasteiger partial charge in [-0.3, -0.25) is 4.79 Å². The third kappa shape index (κ3) is 1.77. The van der Waals surface area contributed by atoms with Crippen molar-refractivity contribution >= 4 is 33.1 Å². The highest BCUT2D eigenvalue weighted by molar-refractivity contribution is 9.10. The van der Waals surface area contributed by atoms with E-state index in [4.69, 9.17) is 0 Å².